The summed E-state index contributed by atoms with van der Waals surface area (Å²) in [6.45, 7) is 8.69. The Morgan fingerprint density at radius 2 is 1.89 bits per heavy atom. The van der Waals surface area contributed by atoms with Gasteiger partial charge in [-0.2, -0.15) is 0 Å². The van der Waals surface area contributed by atoms with Crippen LogP contribution in [0.25, 0.3) is 0 Å². The number of aliphatic hydroxyl groups excluding tert-OH is 1. The van der Waals surface area contributed by atoms with Crippen molar-refractivity contribution in [3.05, 3.63) is 29.8 Å². The zero-order valence-corrected chi connectivity index (χ0v) is 11.8. The molecule has 102 valence electrons. The lowest BCUT2D eigenvalue weighted by atomic mass is 10.0. The molecular weight excluding hydrogens is 226 g/mol. The summed E-state index contributed by atoms with van der Waals surface area (Å²) in [5, 5.41) is 12.9. The fraction of sp³-hybridized carbons (Fsp3) is 0.600. The van der Waals surface area contributed by atoms with E-state index < -0.39 is 0 Å². The molecule has 3 unspecified atom stereocenters. The highest BCUT2D eigenvalue weighted by Crippen LogP contribution is 2.25. The summed E-state index contributed by atoms with van der Waals surface area (Å²) in [7, 11) is 0. The van der Waals surface area contributed by atoms with Crippen molar-refractivity contribution in [1.82, 2.24) is 5.32 Å². The molecule has 3 nitrogen and oxygen atoms in total. The van der Waals surface area contributed by atoms with Gasteiger partial charge in [-0.25, -0.2) is 0 Å². The van der Waals surface area contributed by atoms with Crippen LogP contribution in [0.5, 0.6) is 5.75 Å². The molecule has 0 spiro atoms. The molecule has 0 amide bonds. The van der Waals surface area contributed by atoms with Gasteiger partial charge in [-0.15, -0.1) is 0 Å². The highest BCUT2D eigenvalue weighted by molar-refractivity contribution is 5.35. The van der Waals surface area contributed by atoms with Crippen LogP contribution in [0, 0.1) is 0 Å². The lowest BCUT2D eigenvalue weighted by Gasteiger charge is -2.23. The van der Waals surface area contributed by atoms with Crippen LogP contribution in [0.2, 0.25) is 0 Å². The van der Waals surface area contributed by atoms with Crippen LogP contribution in [0.4, 0.5) is 0 Å². The van der Waals surface area contributed by atoms with E-state index in [-0.39, 0.29) is 18.2 Å². The summed E-state index contributed by atoms with van der Waals surface area (Å²) >= 11 is 0. The largest absolute Gasteiger partial charge is 0.494 e. The second-order valence-electron chi connectivity index (χ2n) is 4.84. The molecule has 0 aliphatic heterocycles. The van der Waals surface area contributed by atoms with Crippen LogP contribution >= 0.6 is 0 Å². The maximum Gasteiger partial charge on any atom is 0.124 e. The topological polar surface area (TPSA) is 41.5 Å². The minimum absolute atomic E-state index is 0.210. The van der Waals surface area contributed by atoms with Crippen LogP contribution in [0.15, 0.2) is 24.3 Å². The van der Waals surface area contributed by atoms with Crippen molar-refractivity contribution < 1.29 is 9.84 Å². The molecule has 3 heteroatoms. The van der Waals surface area contributed by atoms with Gasteiger partial charge in [0.1, 0.15) is 5.75 Å². The predicted octanol–water partition coefficient (Wildman–Crippen LogP) is 2.90. The standard InChI is InChI=1S/C15H25NO2/c1-5-18-15-9-7-6-8-14(15)13(4)16-11(2)10-12(3)17/h6-9,11-13,16-17H,5,10H2,1-4H3. The van der Waals surface area contributed by atoms with Gasteiger partial charge >= 0.3 is 0 Å². The third-order valence-electron chi connectivity index (χ3n) is 2.91. The molecule has 0 heterocycles. The average Bonchev–Trinajstić information content (AvgIpc) is 2.28. The van der Waals surface area contributed by atoms with Crippen LogP contribution in [-0.2, 0) is 0 Å². The molecule has 0 saturated heterocycles. The first-order valence-corrected chi connectivity index (χ1v) is 6.70. The number of nitrogens with one attached hydrogen (secondary N) is 1. The second kappa shape index (κ2) is 7.39. The first-order chi connectivity index (χ1) is 8.54. The number of rotatable bonds is 7. The first kappa shape index (κ1) is 15.0. The van der Waals surface area contributed by atoms with Gasteiger partial charge < -0.3 is 15.2 Å². The summed E-state index contributed by atoms with van der Waals surface area (Å²) in [6.07, 6.45) is 0.475. The van der Waals surface area contributed by atoms with Crippen molar-refractivity contribution in [2.24, 2.45) is 0 Å². The maximum absolute atomic E-state index is 9.38. The van der Waals surface area contributed by atoms with Crippen LogP contribution in [0.1, 0.15) is 45.7 Å². The lowest BCUT2D eigenvalue weighted by molar-refractivity contribution is 0.168. The Bertz CT molecular complexity index is 352. The van der Waals surface area contributed by atoms with E-state index in [2.05, 4.69) is 25.2 Å². The summed E-state index contributed by atoms with van der Waals surface area (Å²) < 4.78 is 5.63. The highest BCUT2D eigenvalue weighted by atomic mass is 16.5. The summed E-state index contributed by atoms with van der Waals surface area (Å²) in [4.78, 5) is 0. The maximum atomic E-state index is 9.38. The summed E-state index contributed by atoms with van der Waals surface area (Å²) in [5.41, 5.74) is 1.16. The van der Waals surface area contributed by atoms with Gasteiger partial charge in [0.2, 0.25) is 0 Å². The van der Waals surface area contributed by atoms with Crippen molar-refractivity contribution in [3.63, 3.8) is 0 Å². The van der Waals surface area contributed by atoms with E-state index in [0.29, 0.717) is 6.61 Å². The number of hydrogen-bond acceptors (Lipinski definition) is 3. The van der Waals surface area contributed by atoms with Crippen molar-refractivity contribution in [2.75, 3.05) is 6.61 Å². The minimum atomic E-state index is -0.276. The van der Waals surface area contributed by atoms with E-state index in [4.69, 9.17) is 4.74 Å². The number of aliphatic hydroxyl groups is 1. The fourth-order valence-corrected chi connectivity index (χ4v) is 2.22. The monoisotopic (exact) mass is 251 g/mol. The molecule has 2 N–H and O–H groups in total. The van der Waals surface area contributed by atoms with Gasteiger partial charge in [-0.3, -0.25) is 0 Å². The molecule has 18 heavy (non-hydrogen) atoms. The first-order valence-electron chi connectivity index (χ1n) is 6.70. The van der Waals surface area contributed by atoms with Gasteiger partial charge in [0, 0.05) is 17.6 Å². The Balaban J connectivity index is 2.68. The molecule has 1 rings (SSSR count). The van der Waals surface area contributed by atoms with E-state index >= 15 is 0 Å². The lowest BCUT2D eigenvalue weighted by Crippen LogP contribution is -2.31. The zero-order chi connectivity index (χ0) is 13.5. The number of ether oxygens (including phenoxy) is 1. The van der Waals surface area contributed by atoms with Gasteiger partial charge in [0.15, 0.2) is 0 Å². The molecule has 0 bridgehead atoms. The van der Waals surface area contributed by atoms with E-state index in [9.17, 15) is 5.11 Å². The fourth-order valence-electron chi connectivity index (χ4n) is 2.22. The van der Waals surface area contributed by atoms with Gasteiger partial charge in [-0.1, -0.05) is 18.2 Å². The second-order valence-corrected chi connectivity index (χ2v) is 4.84. The van der Waals surface area contributed by atoms with Crippen molar-refractivity contribution >= 4 is 0 Å². The third-order valence-corrected chi connectivity index (χ3v) is 2.91. The van der Waals surface area contributed by atoms with Crippen molar-refractivity contribution in [1.29, 1.82) is 0 Å². The Morgan fingerprint density at radius 3 is 2.50 bits per heavy atom. The number of para-hydroxylation sites is 1. The van der Waals surface area contributed by atoms with Crippen LogP contribution in [-0.4, -0.2) is 23.9 Å². The van der Waals surface area contributed by atoms with Crippen molar-refractivity contribution in [2.45, 2.75) is 52.3 Å². The Morgan fingerprint density at radius 1 is 1.22 bits per heavy atom. The molecule has 0 fully saturated rings. The number of hydrogen-bond donors (Lipinski definition) is 2. The van der Waals surface area contributed by atoms with E-state index in [0.717, 1.165) is 17.7 Å². The minimum Gasteiger partial charge on any atom is -0.494 e. The van der Waals surface area contributed by atoms with E-state index in [1.807, 2.05) is 32.0 Å². The molecule has 0 aliphatic carbocycles. The highest BCUT2D eigenvalue weighted by Gasteiger charge is 2.14. The molecule has 1 aromatic carbocycles. The quantitative estimate of drug-likeness (QED) is 0.783. The molecule has 0 saturated carbocycles. The molecular formula is C15H25NO2. The van der Waals surface area contributed by atoms with E-state index in [1.54, 1.807) is 0 Å². The van der Waals surface area contributed by atoms with Gasteiger partial charge in [0.05, 0.1) is 12.7 Å². The summed E-state index contributed by atoms with van der Waals surface area (Å²) in [5.74, 6) is 0.934. The molecule has 0 aromatic heterocycles. The third kappa shape index (κ3) is 4.67. The van der Waals surface area contributed by atoms with Gasteiger partial charge in [-0.05, 0) is 40.2 Å². The van der Waals surface area contributed by atoms with Gasteiger partial charge in [0.25, 0.3) is 0 Å². The smallest absolute Gasteiger partial charge is 0.124 e. The van der Waals surface area contributed by atoms with Crippen molar-refractivity contribution in [3.8, 4) is 5.75 Å². The zero-order valence-electron chi connectivity index (χ0n) is 11.8. The van der Waals surface area contributed by atoms with E-state index in [1.165, 1.54) is 0 Å². The predicted molar refractivity (Wildman–Crippen MR) is 74.9 cm³/mol. The SMILES string of the molecule is CCOc1ccccc1C(C)NC(C)CC(C)O. The molecule has 0 aliphatic rings. The normalized spacial score (nSPS) is 16.1. The number of benzene rings is 1. The molecule has 1 aromatic rings. The average molecular weight is 251 g/mol. The Labute approximate surface area is 110 Å². The Kier molecular flexibility index (Phi) is 6.16. The summed E-state index contributed by atoms with van der Waals surface area (Å²) in [6, 6.07) is 8.57. The Hall–Kier alpha value is -1.06. The molecule has 0 radical (unpaired) electrons. The van der Waals surface area contributed by atoms with Crippen LogP contribution < -0.4 is 10.1 Å². The molecule has 3 atom stereocenters. The van der Waals surface area contributed by atoms with Crippen LogP contribution in [0.3, 0.4) is 0 Å².